The van der Waals surface area contributed by atoms with Gasteiger partial charge in [-0.25, -0.2) is 0 Å². The van der Waals surface area contributed by atoms with E-state index in [9.17, 15) is 10.1 Å². The molecule has 1 saturated carbocycles. The second kappa shape index (κ2) is 2.55. The molecule has 2 rings (SSSR count). The number of hydrogen-bond acceptors (Lipinski definition) is 3. The summed E-state index contributed by atoms with van der Waals surface area (Å²) in [7, 11) is 0. The van der Waals surface area contributed by atoms with E-state index in [2.05, 4.69) is 12.0 Å². The Bertz CT molecular complexity index is 341. The number of nitrogens with zero attached hydrogens (tertiary/aromatic N) is 3. The summed E-state index contributed by atoms with van der Waals surface area (Å²) >= 11 is 0. The van der Waals surface area contributed by atoms with Gasteiger partial charge in [-0.2, -0.15) is 4.68 Å². The quantitative estimate of drug-likeness (QED) is 0.525. The predicted octanol–water partition coefficient (Wildman–Crippen LogP) is 1.59. The Hall–Kier alpha value is -1.39. The Kier molecular flexibility index (Phi) is 1.61. The molecule has 0 aromatic carbocycles. The average molecular weight is 181 g/mol. The number of aromatic nitrogens is 2. The van der Waals surface area contributed by atoms with E-state index < -0.39 is 4.92 Å². The largest absolute Gasteiger partial charge is 0.389 e. The van der Waals surface area contributed by atoms with Gasteiger partial charge in [-0.05, 0) is 23.2 Å². The lowest BCUT2D eigenvalue weighted by Crippen LogP contribution is -2.08. The number of rotatable bonds is 3. The Balaban J connectivity index is 2.09. The molecule has 5 nitrogen and oxygen atoms in total. The predicted molar refractivity (Wildman–Crippen MR) is 46.2 cm³/mol. The molecule has 0 aliphatic heterocycles. The van der Waals surface area contributed by atoms with Crippen LogP contribution in [0, 0.1) is 15.5 Å². The van der Waals surface area contributed by atoms with Crippen molar-refractivity contribution in [3.05, 3.63) is 22.4 Å². The molecule has 0 saturated heterocycles. The van der Waals surface area contributed by atoms with Gasteiger partial charge in [-0.15, -0.1) is 0 Å². The van der Waals surface area contributed by atoms with Crippen LogP contribution in [0.4, 0.5) is 5.82 Å². The van der Waals surface area contributed by atoms with E-state index in [1.807, 2.05) is 0 Å². The van der Waals surface area contributed by atoms with Crippen LogP contribution in [0.25, 0.3) is 0 Å². The van der Waals surface area contributed by atoms with Gasteiger partial charge in [-0.3, -0.25) is 0 Å². The zero-order valence-electron chi connectivity index (χ0n) is 7.43. The third-order valence-electron chi connectivity index (χ3n) is 2.46. The first kappa shape index (κ1) is 8.22. The first-order valence-corrected chi connectivity index (χ1v) is 4.27. The summed E-state index contributed by atoms with van der Waals surface area (Å²) in [6.45, 7) is 2.96. The van der Waals surface area contributed by atoms with Crippen molar-refractivity contribution in [1.82, 2.24) is 9.78 Å². The highest BCUT2D eigenvalue weighted by Crippen LogP contribution is 2.46. The fraction of sp³-hybridized carbons (Fsp3) is 0.625. The van der Waals surface area contributed by atoms with Gasteiger partial charge in [-0.1, -0.05) is 6.92 Å². The summed E-state index contributed by atoms with van der Waals surface area (Å²) in [4.78, 5) is 9.86. The standard InChI is InChI=1S/C8H11N3O2/c1-8(3-4-8)6-10-5-2-7(9-10)11(12)13/h2,5H,3-4,6H2,1H3. The third kappa shape index (κ3) is 1.68. The third-order valence-corrected chi connectivity index (χ3v) is 2.46. The van der Waals surface area contributed by atoms with Crippen molar-refractivity contribution in [3.8, 4) is 0 Å². The molecule has 0 radical (unpaired) electrons. The van der Waals surface area contributed by atoms with Crippen LogP contribution in [-0.2, 0) is 6.54 Å². The zero-order valence-corrected chi connectivity index (χ0v) is 7.43. The maximum atomic E-state index is 10.3. The van der Waals surface area contributed by atoms with E-state index in [4.69, 9.17) is 0 Å². The molecule has 0 amide bonds. The van der Waals surface area contributed by atoms with Gasteiger partial charge in [0.05, 0.1) is 23.9 Å². The second-order valence-electron chi connectivity index (χ2n) is 3.94. The molecule has 1 aliphatic carbocycles. The van der Waals surface area contributed by atoms with Gasteiger partial charge in [0.25, 0.3) is 0 Å². The lowest BCUT2D eigenvalue weighted by molar-refractivity contribution is -0.389. The van der Waals surface area contributed by atoms with Gasteiger partial charge in [0.1, 0.15) is 0 Å². The maximum Gasteiger partial charge on any atom is 0.389 e. The van der Waals surface area contributed by atoms with E-state index >= 15 is 0 Å². The summed E-state index contributed by atoms with van der Waals surface area (Å²) in [5, 5.41) is 14.2. The molecule has 0 N–H and O–H groups in total. The molecule has 13 heavy (non-hydrogen) atoms. The molecule has 1 aliphatic rings. The molecular formula is C8H11N3O2. The van der Waals surface area contributed by atoms with Crippen LogP contribution in [0.15, 0.2) is 12.3 Å². The molecule has 1 heterocycles. The Morgan fingerprint density at radius 1 is 1.77 bits per heavy atom. The minimum absolute atomic E-state index is 0.0655. The van der Waals surface area contributed by atoms with Crippen LogP contribution in [0.5, 0.6) is 0 Å². The van der Waals surface area contributed by atoms with Gasteiger partial charge in [0.2, 0.25) is 0 Å². The van der Waals surface area contributed by atoms with Gasteiger partial charge < -0.3 is 10.1 Å². The summed E-state index contributed by atoms with van der Waals surface area (Å²) < 4.78 is 1.66. The fourth-order valence-electron chi connectivity index (χ4n) is 1.30. The first-order chi connectivity index (χ1) is 6.09. The van der Waals surface area contributed by atoms with Crippen molar-refractivity contribution in [3.63, 3.8) is 0 Å². The summed E-state index contributed by atoms with van der Waals surface area (Å²) in [5.74, 6) is -0.0655. The monoisotopic (exact) mass is 181 g/mol. The van der Waals surface area contributed by atoms with E-state index in [-0.39, 0.29) is 5.82 Å². The van der Waals surface area contributed by atoms with Crippen LogP contribution in [0.1, 0.15) is 19.8 Å². The van der Waals surface area contributed by atoms with E-state index in [1.54, 1.807) is 10.9 Å². The Labute approximate surface area is 75.5 Å². The number of nitro groups is 1. The molecule has 5 heteroatoms. The highest BCUT2D eigenvalue weighted by molar-refractivity contribution is 5.14. The van der Waals surface area contributed by atoms with Crippen molar-refractivity contribution in [2.75, 3.05) is 0 Å². The van der Waals surface area contributed by atoms with E-state index in [0.717, 1.165) is 6.54 Å². The molecule has 0 bridgehead atoms. The number of hydrogen-bond donors (Lipinski definition) is 0. The normalized spacial score (nSPS) is 18.5. The summed E-state index contributed by atoms with van der Waals surface area (Å²) in [5.41, 5.74) is 0.333. The van der Waals surface area contributed by atoms with Crippen LogP contribution in [-0.4, -0.2) is 14.7 Å². The highest BCUT2D eigenvalue weighted by atomic mass is 16.6. The molecule has 70 valence electrons. The van der Waals surface area contributed by atoms with Gasteiger partial charge >= 0.3 is 5.82 Å². The van der Waals surface area contributed by atoms with Crippen LogP contribution < -0.4 is 0 Å². The van der Waals surface area contributed by atoms with Crippen LogP contribution >= 0.6 is 0 Å². The minimum atomic E-state index is -0.467. The van der Waals surface area contributed by atoms with Gasteiger partial charge in [0.15, 0.2) is 0 Å². The second-order valence-corrected chi connectivity index (χ2v) is 3.94. The molecule has 0 unspecified atom stereocenters. The Morgan fingerprint density at radius 3 is 2.92 bits per heavy atom. The van der Waals surface area contributed by atoms with Crippen LogP contribution in [0.2, 0.25) is 0 Å². The highest BCUT2D eigenvalue weighted by Gasteiger charge is 2.38. The SMILES string of the molecule is CC1(Cn2ccc([N+](=O)[O-])n2)CC1. The minimum Gasteiger partial charge on any atom is -0.358 e. The molecule has 1 aromatic heterocycles. The van der Waals surface area contributed by atoms with Crippen molar-refractivity contribution in [2.24, 2.45) is 5.41 Å². The molecular weight excluding hydrogens is 170 g/mol. The lowest BCUT2D eigenvalue weighted by Gasteiger charge is -2.03. The molecule has 1 aromatic rings. The average Bonchev–Trinajstić information content (AvgIpc) is 2.62. The molecule has 1 fully saturated rings. The van der Waals surface area contributed by atoms with Crippen molar-refractivity contribution in [1.29, 1.82) is 0 Å². The van der Waals surface area contributed by atoms with E-state index in [1.165, 1.54) is 18.9 Å². The summed E-state index contributed by atoms with van der Waals surface area (Å²) in [6, 6.07) is 1.44. The fourth-order valence-corrected chi connectivity index (χ4v) is 1.30. The Morgan fingerprint density at radius 2 is 2.46 bits per heavy atom. The topological polar surface area (TPSA) is 61.0 Å². The zero-order chi connectivity index (χ0) is 9.47. The maximum absolute atomic E-state index is 10.3. The van der Waals surface area contributed by atoms with Crippen molar-refractivity contribution < 1.29 is 4.92 Å². The van der Waals surface area contributed by atoms with Crippen molar-refractivity contribution >= 4 is 5.82 Å². The van der Waals surface area contributed by atoms with Gasteiger partial charge in [0, 0.05) is 0 Å². The molecule has 0 spiro atoms. The molecule has 0 atom stereocenters. The first-order valence-electron chi connectivity index (χ1n) is 4.27. The summed E-state index contributed by atoms with van der Waals surface area (Å²) in [6.07, 6.45) is 4.06. The lowest BCUT2D eigenvalue weighted by atomic mass is 10.1. The smallest absolute Gasteiger partial charge is 0.358 e. The van der Waals surface area contributed by atoms with E-state index in [0.29, 0.717) is 5.41 Å². The van der Waals surface area contributed by atoms with Crippen LogP contribution in [0.3, 0.4) is 0 Å². The van der Waals surface area contributed by atoms with Crippen molar-refractivity contribution in [2.45, 2.75) is 26.3 Å².